The monoisotopic (exact) mass is 946 g/mol. The predicted octanol–water partition coefficient (Wildman–Crippen LogP) is 7.25. The van der Waals surface area contributed by atoms with Crippen LogP contribution in [0, 0.1) is 29.6 Å². The molecular weight excluding hydrogens is 867 g/mol. The van der Waals surface area contributed by atoms with Gasteiger partial charge in [-0.3, -0.25) is 14.4 Å². The van der Waals surface area contributed by atoms with E-state index in [1.165, 1.54) is 42.9 Å². The lowest BCUT2D eigenvalue weighted by molar-refractivity contribution is -0.302. The highest BCUT2D eigenvalue weighted by Crippen LogP contribution is 2.41. The van der Waals surface area contributed by atoms with E-state index in [1.807, 2.05) is 40.0 Å². The number of fused-ring (bicyclic) bond motifs is 4. The Labute approximate surface area is 403 Å². The molecule has 1 aromatic heterocycles. The summed E-state index contributed by atoms with van der Waals surface area (Å²) >= 11 is 0. The second-order valence-corrected chi connectivity index (χ2v) is 21.3. The Morgan fingerprint density at radius 1 is 0.926 bits per heavy atom. The van der Waals surface area contributed by atoms with Crippen LogP contribution in [-0.2, 0) is 38.1 Å². The van der Waals surface area contributed by atoms with Crippen LogP contribution < -0.4 is 4.90 Å². The van der Waals surface area contributed by atoms with Crippen molar-refractivity contribution in [1.29, 1.82) is 0 Å². The Balaban J connectivity index is 1.15. The molecule has 4 fully saturated rings. The number of methoxy groups -OCH3 is 2. The Morgan fingerprint density at radius 3 is 2.32 bits per heavy atom. The van der Waals surface area contributed by atoms with Crippen LogP contribution in [0.2, 0.25) is 0 Å². The maximum Gasteiger partial charge on any atom is 0.329 e. The number of carbonyl (C=O) groups is 4. The van der Waals surface area contributed by atoms with Crippen LogP contribution in [0.1, 0.15) is 131 Å². The number of piperidine rings is 1. The van der Waals surface area contributed by atoms with Crippen LogP contribution in [0.25, 0.3) is 10.9 Å². The van der Waals surface area contributed by atoms with E-state index in [1.54, 1.807) is 13.8 Å². The summed E-state index contributed by atoms with van der Waals surface area (Å²) < 4.78 is 26.8. The van der Waals surface area contributed by atoms with Gasteiger partial charge < -0.3 is 48.6 Å². The average molecular weight is 946 g/mol. The van der Waals surface area contributed by atoms with Gasteiger partial charge >= 0.3 is 5.97 Å². The molecule has 0 radical (unpaired) electrons. The number of hydrogen-bond acceptors (Lipinski definition) is 12. The quantitative estimate of drug-likeness (QED) is 0.138. The first-order valence-corrected chi connectivity index (χ1v) is 25.5. The minimum Gasteiger partial charge on any atom is -0.456 e. The third kappa shape index (κ3) is 11.2. The zero-order valence-corrected chi connectivity index (χ0v) is 42.0. The molecule has 2 bridgehead atoms. The zero-order chi connectivity index (χ0) is 49.2. The van der Waals surface area contributed by atoms with Crippen LogP contribution in [0.3, 0.4) is 0 Å². The van der Waals surface area contributed by atoms with Crippen LogP contribution >= 0.6 is 0 Å². The Morgan fingerprint density at radius 2 is 1.65 bits per heavy atom. The molecule has 1 amide bonds. The summed E-state index contributed by atoms with van der Waals surface area (Å²) in [6, 6.07) is 7.99. The average Bonchev–Trinajstić information content (AvgIpc) is 4.08. The van der Waals surface area contributed by atoms with E-state index in [4.69, 9.17) is 18.9 Å². The van der Waals surface area contributed by atoms with E-state index in [2.05, 4.69) is 46.9 Å². The van der Waals surface area contributed by atoms with Crippen molar-refractivity contribution < 1.29 is 53.4 Å². The third-order valence-electron chi connectivity index (χ3n) is 16.2. The molecule has 14 nitrogen and oxygen atoms in total. The number of aliphatic hydroxyl groups excluding tert-OH is 2. The number of nitrogens with zero attached hydrogens (tertiary/aromatic N) is 3. The smallest absolute Gasteiger partial charge is 0.329 e. The molecule has 2 aromatic rings. The molecule has 1 aromatic carbocycles. The number of cyclic esters (lactones) is 1. The summed E-state index contributed by atoms with van der Waals surface area (Å²) in [4.78, 5) is 60.7. The maximum atomic E-state index is 14.6. The molecule has 5 aliphatic rings. The van der Waals surface area contributed by atoms with Crippen molar-refractivity contribution in [2.24, 2.45) is 29.6 Å². The summed E-state index contributed by atoms with van der Waals surface area (Å²) in [6.07, 6.45) is 8.70. The number of benzene rings is 1. The van der Waals surface area contributed by atoms with Crippen LogP contribution in [0.5, 0.6) is 0 Å². The van der Waals surface area contributed by atoms with Gasteiger partial charge in [0, 0.05) is 80.8 Å². The topological polar surface area (TPSA) is 177 Å². The summed E-state index contributed by atoms with van der Waals surface area (Å²) in [5, 5.41) is 36.9. The third-order valence-corrected chi connectivity index (χ3v) is 16.2. The van der Waals surface area contributed by atoms with Crippen molar-refractivity contribution in [2.75, 3.05) is 32.7 Å². The standard InChI is InChI=1S/C54H79N3O11/c1-10-37-24-31(2)23-32(3)25-47(65-8)50-48(66-9)27-34(5)54(64,68-50)51(61)52(62)57-21-12-11-13-43(57)53(63)67-49(35(6)44(58)30-45(37)59)33(4)26-36-14-18-42(46(60)28-36)55(7)40-17-19-41-38(29-40)20-22-56(41)39-15-16-39/h17,19-20,22,24,26,29,32,34-37,39,42-44,46-50,58,60,64H,10-16,18,21,23,25,27-28,30H2,1-9H3/b31-24+,33-26?. The number of rotatable bonds is 8. The van der Waals surface area contributed by atoms with E-state index < -0.39 is 83.9 Å². The van der Waals surface area contributed by atoms with Gasteiger partial charge in [0.2, 0.25) is 5.79 Å². The van der Waals surface area contributed by atoms with Gasteiger partial charge in [-0.1, -0.05) is 45.4 Å². The second kappa shape index (κ2) is 22.0. The molecule has 2 saturated heterocycles. The van der Waals surface area contributed by atoms with Gasteiger partial charge in [0.05, 0.1) is 30.5 Å². The summed E-state index contributed by atoms with van der Waals surface area (Å²) in [5.74, 6) is -7.63. The highest BCUT2D eigenvalue weighted by Gasteiger charge is 2.56. The van der Waals surface area contributed by atoms with E-state index >= 15 is 0 Å². The van der Waals surface area contributed by atoms with E-state index in [9.17, 15) is 34.5 Å². The van der Waals surface area contributed by atoms with Gasteiger partial charge in [-0.15, -0.1) is 0 Å². The number of amides is 1. The summed E-state index contributed by atoms with van der Waals surface area (Å²) in [5.41, 5.74) is 3.93. The molecule has 14 atom stereocenters. The number of esters is 1. The number of aliphatic hydroxyl groups is 3. The number of ketones is 2. The number of anilines is 1. The molecule has 14 heteroatoms. The first-order valence-electron chi connectivity index (χ1n) is 25.5. The highest BCUT2D eigenvalue weighted by molar-refractivity contribution is 6.39. The molecule has 2 saturated carbocycles. The van der Waals surface area contributed by atoms with Crippen LogP contribution in [-0.4, -0.2) is 131 Å². The van der Waals surface area contributed by atoms with Gasteiger partial charge in [-0.2, -0.15) is 0 Å². The first kappa shape index (κ1) is 51.9. The van der Waals surface area contributed by atoms with Gasteiger partial charge in [0.1, 0.15) is 24.0 Å². The van der Waals surface area contributed by atoms with Crippen LogP contribution in [0.15, 0.2) is 53.8 Å². The summed E-state index contributed by atoms with van der Waals surface area (Å²) in [7, 11) is 5.11. The molecule has 14 unspecified atom stereocenters. The number of ether oxygens (including phenoxy) is 4. The zero-order valence-electron chi connectivity index (χ0n) is 42.0. The normalized spacial score (nSPS) is 37.5. The van der Waals surface area contributed by atoms with Crippen molar-refractivity contribution in [1.82, 2.24) is 9.47 Å². The lowest BCUT2D eigenvalue weighted by atomic mass is 9.80. The van der Waals surface area contributed by atoms with E-state index in [-0.39, 0.29) is 49.5 Å². The van der Waals surface area contributed by atoms with E-state index in [0.29, 0.717) is 50.1 Å². The lowest BCUT2D eigenvalue weighted by Gasteiger charge is -2.47. The number of likely N-dealkylation sites (N-methyl/N-ethyl adjacent to an activating group) is 1. The minimum atomic E-state index is -2.51. The molecule has 2 aliphatic carbocycles. The van der Waals surface area contributed by atoms with Gasteiger partial charge in [0.25, 0.3) is 11.7 Å². The number of allylic oxidation sites excluding steroid dienone is 3. The molecule has 4 heterocycles. The van der Waals surface area contributed by atoms with Gasteiger partial charge in [-0.25, -0.2) is 4.79 Å². The van der Waals surface area contributed by atoms with Crippen molar-refractivity contribution in [2.45, 2.75) is 186 Å². The number of hydrogen-bond donors (Lipinski definition) is 3. The Bertz CT molecular complexity index is 2180. The SMILES string of the molecule is CCC1/C=C(\C)CC(C)CC(OC)C2OC(O)(C(=O)C(=O)N3CCCCC3C(=O)OC(C(C)=CC3CCC(N(C)c4ccc5c(ccn5C5CC5)c4)C(O)C3)C(C)C(O)CC1=O)C(C)CC2OC. The number of Topliss-reactive ketones (excluding diaryl/α,β-unsaturated/α-hetero) is 2. The fourth-order valence-corrected chi connectivity index (χ4v) is 11.8. The second-order valence-electron chi connectivity index (χ2n) is 21.3. The molecule has 0 spiro atoms. The first-order chi connectivity index (χ1) is 32.4. The lowest BCUT2D eigenvalue weighted by Crippen LogP contribution is -2.64. The Kier molecular flexibility index (Phi) is 16.8. The predicted molar refractivity (Wildman–Crippen MR) is 260 cm³/mol. The van der Waals surface area contributed by atoms with Crippen molar-refractivity contribution in [3.63, 3.8) is 0 Å². The van der Waals surface area contributed by atoms with Crippen LogP contribution in [0.4, 0.5) is 5.69 Å². The maximum absolute atomic E-state index is 14.6. The fraction of sp³-hybridized carbons (Fsp3) is 0.704. The molecule has 7 rings (SSSR count). The Hall–Kier alpha value is -3.92. The molecule has 376 valence electrons. The van der Waals surface area contributed by atoms with Gasteiger partial charge in [0.15, 0.2) is 0 Å². The van der Waals surface area contributed by atoms with Crippen molar-refractivity contribution in [3.05, 3.63) is 53.8 Å². The van der Waals surface area contributed by atoms with Crippen molar-refractivity contribution >= 4 is 40.0 Å². The largest absolute Gasteiger partial charge is 0.456 e. The molecular formula is C54H79N3O11. The van der Waals surface area contributed by atoms with Crippen molar-refractivity contribution in [3.8, 4) is 0 Å². The highest BCUT2D eigenvalue weighted by atomic mass is 16.7. The molecule has 3 N–H and O–H groups in total. The molecule has 68 heavy (non-hydrogen) atoms. The number of carbonyl (C=O) groups excluding carboxylic acids is 4. The summed E-state index contributed by atoms with van der Waals surface area (Å²) in [6.45, 7) is 11.3. The minimum absolute atomic E-state index is 0.0274. The fourth-order valence-electron chi connectivity index (χ4n) is 11.8. The van der Waals surface area contributed by atoms with E-state index in [0.717, 1.165) is 24.1 Å². The number of aromatic nitrogens is 1. The van der Waals surface area contributed by atoms with Gasteiger partial charge in [-0.05, 0) is 133 Å². The molecule has 3 aliphatic heterocycles.